The average Bonchev–Trinajstić information content (AvgIpc) is 2.85. The molecule has 2 aromatic rings. The van der Waals surface area contributed by atoms with Crippen LogP contribution in [-0.4, -0.2) is 32.0 Å². The van der Waals surface area contributed by atoms with Gasteiger partial charge in [-0.25, -0.2) is 4.98 Å². The second-order valence-corrected chi connectivity index (χ2v) is 5.36. The van der Waals surface area contributed by atoms with E-state index in [2.05, 4.69) is 25.5 Å². The molecule has 1 N–H and O–H groups in total. The molecule has 0 fully saturated rings. The van der Waals surface area contributed by atoms with E-state index in [-0.39, 0.29) is 17.4 Å². The summed E-state index contributed by atoms with van der Waals surface area (Å²) in [6.07, 6.45) is 3.52. The molecular formula is C13H12BrN3O2. The molecule has 19 heavy (non-hydrogen) atoms. The fourth-order valence-electron chi connectivity index (χ4n) is 2.23. The lowest BCUT2D eigenvalue weighted by atomic mass is 10.2. The molecule has 3 rings (SSSR count). The Kier molecular flexibility index (Phi) is 3.02. The molecule has 0 spiro atoms. The zero-order valence-corrected chi connectivity index (χ0v) is 11.7. The third-order valence-corrected chi connectivity index (χ3v) is 3.64. The van der Waals surface area contributed by atoms with Gasteiger partial charge in [0.25, 0.3) is 5.91 Å². The number of carbonyl (C=O) groups is 1. The van der Waals surface area contributed by atoms with Crippen LogP contribution in [0.3, 0.4) is 0 Å². The molecule has 3 heterocycles. The molecule has 0 radical (unpaired) electrons. The van der Waals surface area contributed by atoms with Crippen LogP contribution in [0.2, 0.25) is 0 Å². The summed E-state index contributed by atoms with van der Waals surface area (Å²) < 4.78 is 2.77. The molecule has 2 aromatic heterocycles. The van der Waals surface area contributed by atoms with Crippen LogP contribution in [0.5, 0.6) is 5.75 Å². The molecule has 0 atom stereocenters. The van der Waals surface area contributed by atoms with E-state index in [1.165, 1.54) is 12.3 Å². The van der Waals surface area contributed by atoms with Crippen molar-refractivity contribution in [3.05, 3.63) is 46.5 Å². The van der Waals surface area contributed by atoms with Gasteiger partial charge in [0.1, 0.15) is 5.75 Å². The maximum absolute atomic E-state index is 12.3. The Morgan fingerprint density at radius 3 is 3.05 bits per heavy atom. The first-order valence-electron chi connectivity index (χ1n) is 5.93. The summed E-state index contributed by atoms with van der Waals surface area (Å²) >= 11 is 3.21. The lowest BCUT2D eigenvalue weighted by Crippen LogP contribution is -2.38. The number of aromatic nitrogens is 2. The van der Waals surface area contributed by atoms with E-state index in [9.17, 15) is 9.90 Å². The highest BCUT2D eigenvalue weighted by molar-refractivity contribution is 9.10. The molecule has 0 saturated carbocycles. The van der Waals surface area contributed by atoms with Gasteiger partial charge in [0.2, 0.25) is 0 Å². The first-order chi connectivity index (χ1) is 9.15. The first-order valence-corrected chi connectivity index (χ1v) is 6.72. The summed E-state index contributed by atoms with van der Waals surface area (Å²) in [5.41, 5.74) is 1.19. The van der Waals surface area contributed by atoms with E-state index in [4.69, 9.17) is 0 Å². The topological polar surface area (TPSA) is 58.4 Å². The molecule has 98 valence electrons. The Morgan fingerprint density at radius 2 is 2.26 bits per heavy atom. The second-order valence-electron chi connectivity index (χ2n) is 4.44. The smallest absolute Gasteiger partial charge is 0.276 e. The van der Waals surface area contributed by atoms with Crippen molar-refractivity contribution < 1.29 is 9.90 Å². The highest BCUT2D eigenvalue weighted by Crippen LogP contribution is 2.23. The quantitative estimate of drug-likeness (QED) is 0.874. The SMILES string of the molecule is O=C(c1ncc(Br)cc1O)N1CCn2cccc2C1. The van der Waals surface area contributed by atoms with Gasteiger partial charge in [0.15, 0.2) is 5.69 Å². The van der Waals surface area contributed by atoms with Gasteiger partial charge < -0.3 is 14.6 Å². The summed E-state index contributed by atoms with van der Waals surface area (Å²) in [6.45, 7) is 1.94. The van der Waals surface area contributed by atoms with Crippen molar-refractivity contribution in [3.8, 4) is 5.75 Å². The molecule has 0 saturated heterocycles. The Morgan fingerprint density at radius 1 is 1.42 bits per heavy atom. The zero-order valence-electron chi connectivity index (χ0n) is 10.1. The molecule has 1 amide bonds. The Labute approximate surface area is 118 Å². The highest BCUT2D eigenvalue weighted by Gasteiger charge is 2.24. The normalized spacial score (nSPS) is 14.3. The third kappa shape index (κ3) is 2.23. The monoisotopic (exact) mass is 321 g/mol. The summed E-state index contributed by atoms with van der Waals surface area (Å²) in [7, 11) is 0. The molecule has 0 bridgehead atoms. The molecule has 0 unspecified atom stereocenters. The molecule has 0 aliphatic carbocycles. The average molecular weight is 322 g/mol. The maximum Gasteiger partial charge on any atom is 0.276 e. The Balaban J connectivity index is 1.85. The standard InChI is InChI=1S/C13H12BrN3O2/c14-9-6-11(18)12(15-7-9)13(19)17-5-4-16-3-1-2-10(16)8-17/h1-3,6-7,18H,4-5,8H2. The van der Waals surface area contributed by atoms with Crippen molar-refractivity contribution in [1.82, 2.24) is 14.5 Å². The third-order valence-electron chi connectivity index (χ3n) is 3.21. The predicted molar refractivity (Wildman–Crippen MR) is 72.8 cm³/mol. The molecule has 1 aliphatic rings. The van der Waals surface area contributed by atoms with E-state index in [0.29, 0.717) is 17.6 Å². The molecule has 5 nitrogen and oxygen atoms in total. The summed E-state index contributed by atoms with van der Waals surface area (Å²) in [5, 5.41) is 9.80. The van der Waals surface area contributed by atoms with Crippen LogP contribution >= 0.6 is 15.9 Å². The van der Waals surface area contributed by atoms with Crippen LogP contribution in [0.1, 0.15) is 16.2 Å². The van der Waals surface area contributed by atoms with Crippen molar-refractivity contribution in [2.75, 3.05) is 6.54 Å². The highest BCUT2D eigenvalue weighted by atomic mass is 79.9. The number of fused-ring (bicyclic) bond motifs is 1. The maximum atomic E-state index is 12.3. The van der Waals surface area contributed by atoms with Gasteiger partial charge in [-0.05, 0) is 34.1 Å². The Hall–Kier alpha value is -1.82. The number of amides is 1. The van der Waals surface area contributed by atoms with Gasteiger partial charge in [-0.2, -0.15) is 0 Å². The fourth-order valence-corrected chi connectivity index (χ4v) is 2.55. The summed E-state index contributed by atoms with van der Waals surface area (Å²) in [5.74, 6) is -0.335. The van der Waals surface area contributed by atoms with Gasteiger partial charge in [0.05, 0.1) is 6.54 Å². The second kappa shape index (κ2) is 4.70. The number of rotatable bonds is 1. The molecule has 1 aliphatic heterocycles. The van der Waals surface area contributed by atoms with Crippen molar-refractivity contribution in [3.63, 3.8) is 0 Å². The molecule has 6 heteroatoms. The van der Waals surface area contributed by atoms with Gasteiger partial charge >= 0.3 is 0 Å². The number of pyridine rings is 1. The number of aromatic hydroxyl groups is 1. The van der Waals surface area contributed by atoms with Crippen LogP contribution in [0.15, 0.2) is 35.1 Å². The van der Waals surface area contributed by atoms with Crippen LogP contribution in [-0.2, 0) is 13.1 Å². The number of hydrogen-bond donors (Lipinski definition) is 1. The lowest BCUT2D eigenvalue weighted by Gasteiger charge is -2.28. The van der Waals surface area contributed by atoms with E-state index in [1.807, 2.05) is 18.3 Å². The van der Waals surface area contributed by atoms with Gasteiger partial charge in [-0.3, -0.25) is 4.79 Å². The molecular weight excluding hydrogens is 310 g/mol. The van der Waals surface area contributed by atoms with Crippen molar-refractivity contribution in [2.45, 2.75) is 13.1 Å². The van der Waals surface area contributed by atoms with Crippen LogP contribution < -0.4 is 0 Å². The Bertz CT molecular complexity index is 639. The predicted octanol–water partition coefficient (Wildman–Crippen LogP) is 2.01. The van der Waals surface area contributed by atoms with Crippen LogP contribution in [0.25, 0.3) is 0 Å². The number of hydrogen-bond acceptors (Lipinski definition) is 3. The van der Waals surface area contributed by atoms with Gasteiger partial charge in [0, 0.05) is 35.6 Å². The number of halogens is 1. The van der Waals surface area contributed by atoms with Crippen molar-refractivity contribution >= 4 is 21.8 Å². The summed E-state index contributed by atoms with van der Waals surface area (Å²) in [6, 6.07) is 5.44. The van der Waals surface area contributed by atoms with Gasteiger partial charge in [-0.15, -0.1) is 0 Å². The minimum Gasteiger partial charge on any atom is -0.505 e. The van der Waals surface area contributed by atoms with E-state index >= 15 is 0 Å². The largest absolute Gasteiger partial charge is 0.505 e. The first kappa shape index (κ1) is 12.2. The number of carbonyl (C=O) groups excluding carboxylic acids is 1. The minimum absolute atomic E-state index is 0.0969. The molecule has 0 aromatic carbocycles. The van der Waals surface area contributed by atoms with Crippen molar-refractivity contribution in [1.29, 1.82) is 0 Å². The number of nitrogens with zero attached hydrogens (tertiary/aromatic N) is 3. The lowest BCUT2D eigenvalue weighted by molar-refractivity contribution is 0.0702. The zero-order chi connectivity index (χ0) is 13.4. The van der Waals surface area contributed by atoms with Crippen LogP contribution in [0.4, 0.5) is 0 Å². The van der Waals surface area contributed by atoms with Crippen LogP contribution in [0, 0.1) is 0 Å². The van der Waals surface area contributed by atoms with Gasteiger partial charge in [-0.1, -0.05) is 0 Å². The summed E-state index contributed by atoms with van der Waals surface area (Å²) in [4.78, 5) is 18.0. The fraction of sp³-hybridized carbons (Fsp3) is 0.231. The minimum atomic E-state index is -0.238. The van der Waals surface area contributed by atoms with E-state index < -0.39 is 0 Å². The van der Waals surface area contributed by atoms with E-state index in [0.717, 1.165) is 12.2 Å². The van der Waals surface area contributed by atoms with Crippen molar-refractivity contribution in [2.24, 2.45) is 0 Å². The van der Waals surface area contributed by atoms with E-state index in [1.54, 1.807) is 4.90 Å².